The lowest BCUT2D eigenvalue weighted by atomic mass is 10.1. The molecule has 0 spiro atoms. The Morgan fingerprint density at radius 3 is 2.29 bits per heavy atom. The first-order valence-electron chi connectivity index (χ1n) is 5.22. The molecule has 0 atom stereocenters. The van der Waals surface area contributed by atoms with Gasteiger partial charge in [0.1, 0.15) is 0 Å². The molecule has 3 nitrogen and oxygen atoms in total. The summed E-state index contributed by atoms with van der Waals surface area (Å²) in [4.78, 5) is 22.7. The van der Waals surface area contributed by atoms with Crippen molar-refractivity contribution in [2.75, 3.05) is 5.32 Å². The highest BCUT2D eigenvalue weighted by Crippen LogP contribution is 2.11. The summed E-state index contributed by atoms with van der Waals surface area (Å²) in [6.45, 7) is 0. The van der Waals surface area contributed by atoms with E-state index in [9.17, 15) is 9.59 Å². The molecule has 0 aliphatic carbocycles. The van der Waals surface area contributed by atoms with Gasteiger partial charge in [0.05, 0.1) is 5.56 Å². The predicted molar refractivity (Wildman–Crippen MR) is 66.2 cm³/mol. The Morgan fingerprint density at radius 1 is 0.941 bits per heavy atom. The van der Waals surface area contributed by atoms with Gasteiger partial charge in [-0.05, 0) is 18.2 Å². The summed E-state index contributed by atoms with van der Waals surface area (Å²) in [6.07, 6.45) is 0.680. The summed E-state index contributed by atoms with van der Waals surface area (Å²) >= 11 is 0. The van der Waals surface area contributed by atoms with Crippen LogP contribution >= 0.6 is 0 Å². The summed E-state index contributed by atoms with van der Waals surface area (Å²) in [6, 6.07) is 15.8. The molecule has 17 heavy (non-hydrogen) atoms. The third-order valence-corrected chi connectivity index (χ3v) is 2.36. The number of benzene rings is 2. The summed E-state index contributed by atoms with van der Waals surface area (Å²) in [7, 11) is 0. The van der Waals surface area contributed by atoms with Gasteiger partial charge in [-0.3, -0.25) is 9.59 Å². The molecule has 3 heteroatoms. The number of nitrogens with one attached hydrogen (secondary N) is 1. The lowest BCUT2D eigenvalue weighted by Gasteiger charge is -2.06. The van der Waals surface area contributed by atoms with E-state index in [0.29, 0.717) is 23.1 Å². The quantitative estimate of drug-likeness (QED) is 0.816. The van der Waals surface area contributed by atoms with Gasteiger partial charge in [0.15, 0.2) is 6.29 Å². The maximum Gasteiger partial charge on any atom is 0.256 e. The summed E-state index contributed by atoms with van der Waals surface area (Å²) in [5, 5.41) is 2.74. The number of carbonyl (C=O) groups is 2. The minimum atomic E-state index is -0.279. The molecule has 2 aromatic rings. The molecular formula is C14H11NO2. The second-order valence-corrected chi connectivity index (χ2v) is 3.53. The van der Waals surface area contributed by atoms with E-state index in [2.05, 4.69) is 5.32 Å². The number of anilines is 1. The molecule has 1 amide bonds. The van der Waals surface area contributed by atoms with Crippen LogP contribution < -0.4 is 5.32 Å². The number of hydrogen-bond donors (Lipinski definition) is 1. The Hall–Kier alpha value is -2.42. The van der Waals surface area contributed by atoms with Gasteiger partial charge < -0.3 is 5.32 Å². The Labute approximate surface area is 99.1 Å². The Balaban J connectivity index is 2.23. The number of para-hydroxylation sites is 1. The van der Waals surface area contributed by atoms with Gasteiger partial charge in [0, 0.05) is 11.3 Å². The Bertz CT molecular complexity index is 535. The molecule has 0 heterocycles. The van der Waals surface area contributed by atoms with Crippen molar-refractivity contribution in [2.45, 2.75) is 0 Å². The van der Waals surface area contributed by atoms with E-state index in [0.717, 1.165) is 0 Å². The average Bonchev–Trinajstić information content (AvgIpc) is 2.40. The second kappa shape index (κ2) is 5.07. The van der Waals surface area contributed by atoms with Crippen molar-refractivity contribution >= 4 is 17.9 Å². The SMILES string of the molecule is O=Cc1ccccc1C(=O)Nc1ccccc1. The molecule has 2 aromatic carbocycles. The van der Waals surface area contributed by atoms with Gasteiger partial charge in [-0.1, -0.05) is 36.4 Å². The van der Waals surface area contributed by atoms with Crippen LogP contribution in [0, 0.1) is 0 Å². The zero-order chi connectivity index (χ0) is 12.1. The van der Waals surface area contributed by atoms with Crippen molar-refractivity contribution in [3.05, 3.63) is 65.7 Å². The van der Waals surface area contributed by atoms with E-state index < -0.39 is 0 Å². The van der Waals surface area contributed by atoms with E-state index in [1.807, 2.05) is 18.2 Å². The minimum absolute atomic E-state index is 0.279. The highest BCUT2D eigenvalue weighted by molar-refractivity contribution is 6.08. The third kappa shape index (κ3) is 2.58. The Kier molecular flexibility index (Phi) is 3.31. The van der Waals surface area contributed by atoms with E-state index >= 15 is 0 Å². The molecule has 0 aliphatic rings. The highest BCUT2D eigenvalue weighted by Gasteiger charge is 2.09. The van der Waals surface area contributed by atoms with E-state index in [1.54, 1.807) is 36.4 Å². The molecule has 2 rings (SSSR count). The average molecular weight is 225 g/mol. The zero-order valence-electron chi connectivity index (χ0n) is 9.09. The second-order valence-electron chi connectivity index (χ2n) is 3.53. The number of aldehydes is 1. The topological polar surface area (TPSA) is 46.2 Å². The fourth-order valence-corrected chi connectivity index (χ4v) is 1.53. The zero-order valence-corrected chi connectivity index (χ0v) is 9.09. The third-order valence-electron chi connectivity index (χ3n) is 2.36. The van der Waals surface area contributed by atoms with Gasteiger partial charge in [0.2, 0.25) is 0 Å². The van der Waals surface area contributed by atoms with Crippen LogP contribution in [0.4, 0.5) is 5.69 Å². The normalized spacial score (nSPS) is 9.65. The molecule has 0 aliphatic heterocycles. The molecule has 0 bridgehead atoms. The first kappa shape index (κ1) is 11.1. The van der Waals surface area contributed by atoms with Gasteiger partial charge in [-0.15, -0.1) is 0 Å². The van der Waals surface area contributed by atoms with Gasteiger partial charge in [-0.25, -0.2) is 0 Å². The Morgan fingerprint density at radius 2 is 1.59 bits per heavy atom. The predicted octanol–water partition coefficient (Wildman–Crippen LogP) is 2.75. The number of carbonyl (C=O) groups excluding carboxylic acids is 2. The smallest absolute Gasteiger partial charge is 0.256 e. The van der Waals surface area contributed by atoms with Crippen molar-refractivity contribution in [1.29, 1.82) is 0 Å². The molecule has 0 fully saturated rings. The molecule has 84 valence electrons. The van der Waals surface area contributed by atoms with Crippen LogP contribution in [-0.4, -0.2) is 12.2 Å². The van der Waals surface area contributed by atoms with Crippen molar-refractivity contribution < 1.29 is 9.59 Å². The van der Waals surface area contributed by atoms with Crippen molar-refractivity contribution in [2.24, 2.45) is 0 Å². The highest BCUT2D eigenvalue weighted by atomic mass is 16.1. The lowest BCUT2D eigenvalue weighted by molar-refractivity contribution is 0.101. The van der Waals surface area contributed by atoms with Crippen LogP contribution in [0.15, 0.2) is 54.6 Å². The number of amides is 1. The minimum Gasteiger partial charge on any atom is -0.322 e. The van der Waals surface area contributed by atoms with E-state index in [-0.39, 0.29) is 5.91 Å². The molecule has 0 unspecified atom stereocenters. The first-order chi connectivity index (χ1) is 8.31. The van der Waals surface area contributed by atoms with Crippen LogP contribution in [0.1, 0.15) is 20.7 Å². The molecule has 0 radical (unpaired) electrons. The molecular weight excluding hydrogens is 214 g/mol. The summed E-state index contributed by atoms with van der Waals surface area (Å²) in [5.74, 6) is -0.279. The van der Waals surface area contributed by atoms with Crippen LogP contribution in [0.2, 0.25) is 0 Å². The van der Waals surface area contributed by atoms with Crippen LogP contribution in [-0.2, 0) is 0 Å². The summed E-state index contributed by atoms with van der Waals surface area (Å²) in [5.41, 5.74) is 1.48. The first-order valence-corrected chi connectivity index (χ1v) is 5.22. The standard InChI is InChI=1S/C14H11NO2/c16-10-11-6-4-5-9-13(11)14(17)15-12-7-2-1-3-8-12/h1-10H,(H,15,17). The molecule has 0 aromatic heterocycles. The maximum atomic E-state index is 11.9. The van der Waals surface area contributed by atoms with Gasteiger partial charge in [0.25, 0.3) is 5.91 Å². The molecule has 0 saturated carbocycles. The lowest BCUT2D eigenvalue weighted by Crippen LogP contribution is -2.13. The van der Waals surface area contributed by atoms with Gasteiger partial charge >= 0.3 is 0 Å². The van der Waals surface area contributed by atoms with Crippen LogP contribution in [0.3, 0.4) is 0 Å². The van der Waals surface area contributed by atoms with Gasteiger partial charge in [-0.2, -0.15) is 0 Å². The monoisotopic (exact) mass is 225 g/mol. The van der Waals surface area contributed by atoms with Crippen molar-refractivity contribution in [3.8, 4) is 0 Å². The molecule has 1 N–H and O–H groups in total. The van der Waals surface area contributed by atoms with Crippen molar-refractivity contribution in [3.63, 3.8) is 0 Å². The van der Waals surface area contributed by atoms with E-state index in [4.69, 9.17) is 0 Å². The fraction of sp³-hybridized carbons (Fsp3) is 0. The largest absolute Gasteiger partial charge is 0.322 e. The number of rotatable bonds is 3. The maximum absolute atomic E-state index is 11.9. The van der Waals surface area contributed by atoms with Crippen LogP contribution in [0.5, 0.6) is 0 Å². The summed E-state index contributed by atoms with van der Waals surface area (Å²) < 4.78 is 0. The van der Waals surface area contributed by atoms with E-state index in [1.165, 1.54) is 0 Å². The van der Waals surface area contributed by atoms with Crippen LogP contribution in [0.25, 0.3) is 0 Å². The van der Waals surface area contributed by atoms with Crippen molar-refractivity contribution in [1.82, 2.24) is 0 Å². The number of hydrogen-bond acceptors (Lipinski definition) is 2. The molecule has 0 saturated heterocycles. The fourth-order valence-electron chi connectivity index (χ4n) is 1.53.